The normalized spacial score (nSPS) is 15.5. The number of thiophene rings is 1. The maximum atomic E-state index is 12.9. The maximum absolute atomic E-state index is 12.9. The highest BCUT2D eigenvalue weighted by Crippen LogP contribution is 2.32. The minimum atomic E-state index is 0.0417. The van der Waals surface area contributed by atoms with Crippen LogP contribution in [0.4, 0.5) is 0 Å². The molecule has 8 heteroatoms. The van der Waals surface area contributed by atoms with Crippen molar-refractivity contribution < 1.29 is 19.0 Å². The summed E-state index contributed by atoms with van der Waals surface area (Å²) in [5, 5.41) is 2.12. The van der Waals surface area contributed by atoms with Crippen LogP contribution in [0.25, 0.3) is 0 Å². The van der Waals surface area contributed by atoms with E-state index in [1.807, 2.05) is 17.0 Å². The summed E-state index contributed by atoms with van der Waals surface area (Å²) in [7, 11) is 2.14. The number of nitrogens with zero attached hydrogens (tertiary/aromatic N) is 3. The number of fused-ring (bicyclic) bond motifs is 1. The molecule has 1 fully saturated rings. The second kappa shape index (κ2) is 11.1. The molecule has 0 spiro atoms. The summed E-state index contributed by atoms with van der Waals surface area (Å²) >= 11 is 1.79. The van der Waals surface area contributed by atoms with Gasteiger partial charge in [0.15, 0.2) is 11.5 Å². The van der Waals surface area contributed by atoms with Crippen LogP contribution in [0.3, 0.4) is 0 Å². The van der Waals surface area contributed by atoms with E-state index < -0.39 is 0 Å². The first kappa shape index (κ1) is 23.7. The molecular weight excluding hydrogens is 462 g/mol. The van der Waals surface area contributed by atoms with Gasteiger partial charge in [0.2, 0.25) is 6.79 Å². The number of carbonyl (C=O) groups excluding carboxylic acids is 1. The quantitative estimate of drug-likeness (QED) is 0.450. The monoisotopic (exact) mass is 493 g/mol. The van der Waals surface area contributed by atoms with Gasteiger partial charge >= 0.3 is 0 Å². The zero-order chi connectivity index (χ0) is 24.0. The van der Waals surface area contributed by atoms with Crippen LogP contribution in [0.5, 0.6) is 17.2 Å². The number of amides is 1. The van der Waals surface area contributed by atoms with E-state index in [1.165, 1.54) is 10.4 Å². The van der Waals surface area contributed by atoms with E-state index in [1.54, 1.807) is 23.5 Å². The molecule has 3 heterocycles. The van der Waals surface area contributed by atoms with E-state index in [2.05, 4.69) is 52.6 Å². The molecule has 184 valence electrons. The molecule has 0 atom stereocenters. The van der Waals surface area contributed by atoms with Gasteiger partial charge in [0.1, 0.15) is 12.4 Å². The molecule has 2 aliphatic heterocycles. The zero-order valence-electron chi connectivity index (χ0n) is 20.0. The molecule has 0 unspecified atom stereocenters. The van der Waals surface area contributed by atoms with E-state index in [0.29, 0.717) is 36.8 Å². The molecule has 2 aromatic carbocycles. The van der Waals surface area contributed by atoms with Crippen molar-refractivity contribution in [3.8, 4) is 17.2 Å². The van der Waals surface area contributed by atoms with E-state index >= 15 is 0 Å². The Bertz CT molecular complexity index is 1130. The lowest BCUT2D eigenvalue weighted by Gasteiger charge is -2.34. The Morgan fingerprint density at radius 1 is 1.00 bits per heavy atom. The molecule has 1 saturated heterocycles. The number of carbonyl (C=O) groups is 1. The van der Waals surface area contributed by atoms with Gasteiger partial charge in [0.25, 0.3) is 5.91 Å². The van der Waals surface area contributed by atoms with Crippen molar-refractivity contribution in [2.24, 2.45) is 0 Å². The molecule has 2 aliphatic rings. The average Bonchev–Trinajstić information content (AvgIpc) is 3.56. The first-order chi connectivity index (χ1) is 17.1. The highest BCUT2D eigenvalue weighted by molar-refractivity contribution is 7.09. The highest BCUT2D eigenvalue weighted by atomic mass is 32.1. The lowest BCUT2D eigenvalue weighted by atomic mass is 10.1. The second-order valence-corrected chi connectivity index (χ2v) is 9.98. The summed E-state index contributed by atoms with van der Waals surface area (Å²) in [6, 6.07) is 18.0. The number of piperazine rings is 1. The van der Waals surface area contributed by atoms with Gasteiger partial charge in [-0.1, -0.05) is 18.2 Å². The summed E-state index contributed by atoms with van der Waals surface area (Å²) in [5.74, 6) is 2.29. The van der Waals surface area contributed by atoms with Gasteiger partial charge in [-0.25, -0.2) is 0 Å². The first-order valence-corrected chi connectivity index (χ1v) is 12.9. The van der Waals surface area contributed by atoms with Crippen molar-refractivity contribution in [1.82, 2.24) is 14.7 Å². The fraction of sp³-hybridized carbons (Fsp3) is 0.370. The van der Waals surface area contributed by atoms with E-state index in [9.17, 15) is 4.79 Å². The van der Waals surface area contributed by atoms with Crippen LogP contribution in [0.2, 0.25) is 0 Å². The Morgan fingerprint density at radius 2 is 1.86 bits per heavy atom. The minimum absolute atomic E-state index is 0.0417. The molecule has 1 aromatic heterocycles. The fourth-order valence-electron chi connectivity index (χ4n) is 4.45. The Balaban J connectivity index is 1.04. The number of benzene rings is 2. The van der Waals surface area contributed by atoms with Crippen LogP contribution in [0.15, 0.2) is 60.0 Å². The Labute approximate surface area is 210 Å². The number of ether oxygens (including phenoxy) is 3. The Morgan fingerprint density at radius 3 is 2.69 bits per heavy atom. The SMILES string of the molecule is CN(Cc1cccc(OCCN2CCN(C(=O)c3ccc4c(c3)OCO4)CC2)c1)Cc1cccs1. The molecule has 5 rings (SSSR count). The van der Waals surface area contributed by atoms with Gasteiger partial charge in [-0.3, -0.25) is 14.6 Å². The fourth-order valence-corrected chi connectivity index (χ4v) is 5.23. The van der Waals surface area contributed by atoms with Crippen molar-refractivity contribution in [2.75, 3.05) is 53.2 Å². The third-order valence-corrected chi connectivity index (χ3v) is 7.17. The lowest BCUT2D eigenvalue weighted by molar-refractivity contribution is 0.0620. The highest BCUT2D eigenvalue weighted by Gasteiger charge is 2.24. The largest absolute Gasteiger partial charge is 0.492 e. The van der Waals surface area contributed by atoms with Crippen LogP contribution in [0, 0.1) is 0 Å². The molecule has 0 radical (unpaired) electrons. The van der Waals surface area contributed by atoms with Crippen molar-refractivity contribution in [1.29, 1.82) is 0 Å². The second-order valence-electron chi connectivity index (χ2n) is 8.95. The number of hydrogen-bond donors (Lipinski definition) is 0. The third kappa shape index (κ3) is 6.14. The lowest BCUT2D eigenvalue weighted by Crippen LogP contribution is -2.49. The zero-order valence-corrected chi connectivity index (χ0v) is 20.8. The van der Waals surface area contributed by atoms with Crippen LogP contribution in [-0.4, -0.2) is 73.8 Å². The maximum Gasteiger partial charge on any atom is 0.254 e. The van der Waals surface area contributed by atoms with Crippen LogP contribution in [-0.2, 0) is 13.1 Å². The Hall–Kier alpha value is -3.07. The van der Waals surface area contributed by atoms with Crippen LogP contribution >= 0.6 is 11.3 Å². The summed E-state index contributed by atoms with van der Waals surface area (Å²) in [6.07, 6.45) is 0. The molecule has 7 nitrogen and oxygen atoms in total. The Kier molecular flexibility index (Phi) is 7.51. The minimum Gasteiger partial charge on any atom is -0.492 e. The van der Waals surface area contributed by atoms with Gasteiger partial charge < -0.3 is 19.1 Å². The summed E-state index contributed by atoms with van der Waals surface area (Å²) < 4.78 is 16.8. The topological polar surface area (TPSA) is 54.5 Å². The summed E-state index contributed by atoms with van der Waals surface area (Å²) in [5.41, 5.74) is 1.89. The molecule has 35 heavy (non-hydrogen) atoms. The molecule has 0 N–H and O–H groups in total. The van der Waals surface area contributed by atoms with Crippen LogP contribution < -0.4 is 14.2 Å². The molecular formula is C27H31N3O4S. The smallest absolute Gasteiger partial charge is 0.254 e. The van der Waals surface area contributed by atoms with E-state index in [0.717, 1.165) is 38.5 Å². The van der Waals surface area contributed by atoms with Gasteiger partial charge in [0, 0.05) is 56.3 Å². The predicted molar refractivity (Wildman–Crippen MR) is 136 cm³/mol. The molecule has 3 aromatic rings. The van der Waals surface area contributed by atoms with Gasteiger partial charge in [-0.2, -0.15) is 0 Å². The van der Waals surface area contributed by atoms with E-state index in [4.69, 9.17) is 14.2 Å². The third-order valence-electron chi connectivity index (χ3n) is 6.31. The van der Waals surface area contributed by atoms with Gasteiger partial charge in [-0.05, 0) is 54.4 Å². The van der Waals surface area contributed by atoms with Crippen molar-refractivity contribution in [2.45, 2.75) is 13.1 Å². The van der Waals surface area contributed by atoms with Crippen LogP contribution in [0.1, 0.15) is 20.8 Å². The summed E-state index contributed by atoms with van der Waals surface area (Å²) in [4.78, 5) is 20.8. The first-order valence-electron chi connectivity index (χ1n) is 12.0. The molecule has 0 aliphatic carbocycles. The number of hydrogen-bond acceptors (Lipinski definition) is 7. The molecule has 0 saturated carbocycles. The average molecular weight is 494 g/mol. The van der Waals surface area contributed by atoms with Crippen molar-refractivity contribution in [3.63, 3.8) is 0 Å². The van der Waals surface area contributed by atoms with Crippen molar-refractivity contribution in [3.05, 3.63) is 76.0 Å². The standard InChI is InChI=1S/C27H31N3O4S/c1-28(19-24-6-3-15-35-24)18-21-4-2-5-23(16-21)32-14-13-29-9-11-30(12-10-29)27(31)22-7-8-25-26(17-22)34-20-33-25/h2-8,15-17H,9-14,18-20H2,1H3. The number of rotatable bonds is 9. The van der Waals surface area contributed by atoms with E-state index in [-0.39, 0.29) is 12.7 Å². The molecule has 0 bridgehead atoms. The van der Waals surface area contributed by atoms with Gasteiger partial charge in [0.05, 0.1) is 0 Å². The van der Waals surface area contributed by atoms with Crippen molar-refractivity contribution >= 4 is 17.2 Å². The predicted octanol–water partition coefficient (Wildman–Crippen LogP) is 3.95. The van der Waals surface area contributed by atoms with Gasteiger partial charge in [-0.15, -0.1) is 11.3 Å². The summed E-state index contributed by atoms with van der Waals surface area (Å²) in [6.45, 7) is 6.61. The molecule has 1 amide bonds.